The molecule has 0 bridgehead atoms. The van der Waals surface area contributed by atoms with Crippen molar-refractivity contribution in [2.75, 3.05) is 6.61 Å². The van der Waals surface area contributed by atoms with E-state index in [0.29, 0.717) is 11.8 Å². The third-order valence-electron chi connectivity index (χ3n) is 6.00. The molecule has 0 spiro atoms. The van der Waals surface area contributed by atoms with Crippen molar-refractivity contribution in [3.63, 3.8) is 0 Å². The van der Waals surface area contributed by atoms with E-state index in [2.05, 4.69) is 46.8 Å². The van der Waals surface area contributed by atoms with Crippen molar-refractivity contribution in [2.45, 2.75) is 98.7 Å². The lowest BCUT2D eigenvalue weighted by Gasteiger charge is -2.24. The molecule has 0 aromatic heterocycles. The van der Waals surface area contributed by atoms with E-state index in [-0.39, 0.29) is 6.29 Å². The molecule has 2 rings (SSSR count). The summed E-state index contributed by atoms with van der Waals surface area (Å²) in [7, 11) is 0. The molecule has 0 radical (unpaired) electrons. The minimum atomic E-state index is -0.0832. The van der Waals surface area contributed by atoms with Gasteiger partial charge >= 0.3 is 0 Å². The summed E-state index contributed by atoms with van der Waals surface area (Å²) in [6.07, 6.45) is 15.9. The summed E-state index contributed by atoms with van der Waals surface area (Å²) in [6.45, 7) is 12.3. The van der Waals surface area contributed by atoms with Crippen LogP contribution in [0.25, 0.3) is 0 Å². The summed E-state index contributed by atoms with van der Waals surface area (Å²) in [5.74, 6) is 4.02. The fourth-order valence-electron chi connectivity index (χ4n) is 4.41. The predicted octanol–water partition coefficient (Wildman–Crippen LogP) is 7.26. The highest BCUT2D eigenvalue weighted by atomic mass is 16.7. The van der Waals surface area contributed by atoms with Crippen molar-refractivity contribution >= 4 is 0 Å². The molecule has 1 saturated carbocycles. The first-order valence-electron chi connectivity index (χ1n) is 11.2. The largest absolute Gasteiger partial charge is 0.469 e. The molecule has 0 aliphatic heterocycles. The zero-order chi connectivity index (χ0) is 18.9. The Balaban J connectivity index is 1.78. The topological polar surface area (TPSA) is 18.5 Å². The molecule has 26 heavy (non-hydrogen) atoms. The molecule has 2 aliphatic rings. The molecule has 1 fully saturated rings. The number of allylic oxidation sites excluding steroid dienone is 3. The Labute approximate surface area is 162 Å². The van der Waals surface area contributed by atoms with Crippen LogP contribution in [0.1, 0.15) is 92.4 Å². The molecule has 0 aromatic rings. The maximum atomic E-state index is 6.20. The third kappa shape index (κ3) is 7.10. The van der Waals surface area contributed by atoms with Gasteiger partial charge in [-0.05, 0) is 48.2 Å². The summed E-state index contributed by atoms with van der Waals surface area (Å²) in [5.41, 5.74) is 1.47. The summed E-state index contributed by atoms with van der Waals surface area (Å²) in [5, 5.41) is 0. The van der Waals surface area contributed by atoms with Gasteiger partial charge in [-0.3, -0.25) is 0 Å². The highest BCUT2D eigenvalue weighted by Gasteiger charge is 2.23. The lowest BCUT2D eigenvalue weighted by Crippen LogP contribution is -2.18. The minimum absolute atomic E-state index is 0.0832. The quantitative estimate of drug-likeness (QED) is 0.360. The molecule has 150 valence electrons. The van der Waals surface area contributed by atoms with Crippen LogP contribution in [0.2, 0.25) is 0 Å². The fraction of sp³-hybridized carbons (Fsp3) is 0.833. The Morgan fingerprint density at radius 2 is 1.81 bits per heavy atom. The van der Waals surface area contributed by atoms with Gasteiger partial charge in [0.25, 0.3) is 0 Å². The number of hydrogen-bond donors (Lipinski definition) is 0. The molecule has 2 nitrogen and oxygen atoms in total. The van der Waals surface area contributed by atoms with Crippen molar-refractivity contribution in [3.8, 4) is 0 Å². The van der Waals surface area contributed by atoms with Crippen LogP contribution in [-0.2, 0) is 9.47 Å². The second-order valence-corrected chi connectivity index (χ2v) is 9.12. The van der Waals surface area contributed by atoms with E-state index >= 15 is 0 Å². The monoisotopic (exact) mass is 362 g/mol. The van der Waals surface area contributed by atoms with E-state index in [1.54, 1.807) is 0 Å². The normalized spacial score (nSPS) is 21.0. The average molecular weight is 363 g/mol. The Morgan fingerprint density at radius 1 is 1.08 bits per heavy atom. The van der Waals surface area contributed by atoms with Crippen molar-refractivity contribution < 1.29 is 9.47 Å². The lowest BCUT2D eigenvalue weighted by molar-refractivity contribution is -0.121. The molecule has 0 aromatic carbocycles. The Morgan fingerprint density at radius 3 is 2.42 bits per heavy atom. The molecular weight excluding hydrogens is 320 g/mol. The Kier molecular flexibility index (Phi) is 9.25. The summed E-state index contributed by atoms with van der Waals surface area (Å²) in [4.78, 5) is 0. The number of hydrogen-bond acceptors (Lipinski definition) is 2. The van der Waals surface area contributed by atoms with Crippen LogP contribution in [-0.4, -0.2) is 12.9 Å². The molecule has 0 saturated heterocycles. The molecular formula is C24H42O2. The molecule has 0 heterocycles. The van der Waals surface area contributed by atoms with Gasteiger partial charge in [-0.15, -0.1) is 0 Å². The van der Waals surface area contributed by atoms with Gasteiger partial charge in [-0.2, -0.15) is 0 Å². The van der Waals surface area contributed by atoms with E-state index in [4.69, 9.17) is 9.47 Å². The Hall–Kier alpha value is -0.760. The molecule has 0 N–H and O–H groups in total. The lowest BCUT2D eigenvalue weighted by atomic mass is 9.82. The number of ether oxygens (including phenoxy) is 2. The zero-order valence-corrected chi connectivity index (χ0v) is 17.9. The van der Waals surface area contributed by atoms with Gasteiger partial charge in [0.05, 0.1) is 6.61 Å². The summed E-state index contributed by atoms with van der Waals surface area (Å²) in [6, 6.07) is 0. The average Bonchev–Trinajstić information content (AvgIpc) is 3.07. The van der Waals surface area contributed by atoms with E-state index in [9.17, 15) is 0 Å². The predicted molar refractivity (Wildman–Crippen MR) is 111 cm³/mol. The highest BCUT2D eigenvalue weighted by Crippen LogP contribution is 2.34. The molecule has 0 amide bonds. The van der Waals surface area contributed by atoms with Crippen LogP contribution in [0.15, 0.2) is 23.5 Å². The third-order valence-corrected chi connectivity index (χ3v) is 6.00. The first-order chi connectivity index (χ1) is 12.5. The van der Waals surface area contributed by atoms with Crippen molar-refractivity contribution in [1.29, 1.82) is 0 Å². The van der Waals surface area contributed by atoms with Gasteiger partial charge < -0.3 is 9.47 Å². The van der Waals surface area contributed by atoms with Crippen LogP contribution in [0.4, 0.5) is 0 Å². The summed E-state index contributed by atoms with van der Waals surface area (Å²) < 4.78 is 12.3. The first kappa shape index (κ1) is 21.5. The van der Waals surface area contributed by atoms with Crippen molar-refractivity contribution in [2.24, 2.45) is 23.7 Å². The fourth-order valence-corrected chi connectivity index (χ4v) is 4.41. The van der Waals surface area contributed by atoms with Crippen LogP contribution in [0, 0.1) is 23.7 Å². The smallest absolute Gasteiger partial charge is 0.199 e. The number of rotatable bonds is 11. The Bertz CT molecular complexity index is 455. The van der Waals surface area contributed by atoms with Crippen LogP contribution in [0.5, 0.6) is 0 Å². The van der Waals surface area contributed by atoms with E-state index < -0.39 is 0 Å². The second-order valence-electron chi connectivity index (χ2n) is 9.12. The van der Waals surface area contributed by atoms with Crippen molar-refractivity contribution in [3.05, 3.63) is 23.5 Å². The maximum absolute atomic E-state index is 6.20. The standard InChI is InChI=1S/C24H42O2/c1-6-24(25-15-14-20-10-8-7-9-11-20)26-22-13-12-21(17-22)23(19(4)5)16-18(2)3/h12,17-20,23-24H,6-11,13-16H2,1-5H3. The van der Waals surface area contributed by atoms with Crippen LogP contribution < -0.4 is 0 Å². The van der Waals surface area contributed by atoms with E-state index in [1.807, 2.05) is 0 Å². The van der Waals surface area contributed by atoms with Gasteiger partial charge in [0.2, 0.25) is 0 Å². The van der Waals surface area contributed by atoms with Gasteiger partial charge in [0.15, 0.2) is 6.29 Å². The van der Waals surface area contributed by atoms with Gasteiger partial charge in [0, 0.05) is 12.8 Å². The summed E-state index contributed by atoms with van der Waals surface area (Å²) >= 11 is 0. The highest BCUT2D eigenvalue weighted by molar-refractivity contribution is 5.32. The molecule has 2 unspecified atom stereocenters. The van der Waals surface area contributed by atoms with Crippen molar-refractivity contribution in [1.82, 2.24) is 0 Å². The van der Waals surface area contributed by atoms with E-state index in [0.717, 1.165) is 37.0 Å². The molecule has 2 heteroatoms. The van der Waals surface area contributed by atoms with Crippen LogP contribution >= 0.6 is 0 Å². The van der Waals surface area contributed by atoms with Crippen LogP contribution in [0.3, 0.4) is 0 Å². The first-order valence-corrected chi connectivity index (χ1v) is 11.2. The van der Waals surface area contributed by atoms with E-state index in [1.165, 1.54) is 50.5 Å². The zero-order valence-electron chi connectivity index (χ0n) is 17.9. The SMILES string of the molecule is CCC(OCCC1CCCCC1)OC1=CC(C(CC(C)C)C(C)C)=CC1. The molecule has 2 atom stereocenters. The maximum Gasteiger partial charge on any atom is 0.199 e. The van der Waals surface area contributed by atoms with Gasteiger partial charge in [-0.25, -0.2) is 0 Å². The molecule has 2 aliphatic carbocycles. The minimum Gasteiger partial charge on any atom is -0.469 e. The van der Waals surface area contributed by atoms with Gasteiger partial charge in [0.1, 0.15) is 5.76 Å². The van der Waals surface area contributed by atoms with Gasteiger partial charge in [-0.1, -0.05) is 72.8 Å². The second kappa shape index (κ2) is 11.2.